The van der Waals surface area contributed by atoms with Gasteiger partial charge in [-0.15, -0.1) is 11.3 Å². The Balaban J connectivity index is 1.56. The van der Waals surface area contributed by atoms with Crippen LogP contribution < -0.4 is 10.3 Å². The molecule has 0 aliphatic carbocycles. The zero-order valence-corrected chi connectivity index (χ0v) is 22.3. The van der Waals surface area contributed by atoms with Gasteiger partial charge < -0.3 is 9.64 Å². The maximum absolute atomic E-state index is 14.0. The van der Waals surface area contributed by atoms with Crippen LogP contribution in [0.15, 0.2) is 63.9 Å². The van der Waals surface area contributed by atoms with E-state index in [1.807, 2.05) is 65.7 Å². The molecule has 3 heterocycles. The minimum Gasteiger partial charge on any atom is -0.497 e. The fraction of sp³-hybridized carbons (Fsp3) is 0.321. The Bertz CT molecular complexity index is 1430. The van der Waals surface area contributed by atoms with E-state index in [0.29, 0.717) is 32.7 Å². The largest absolute Gasteiger partial charge is 0.497 e. The second-order valence-electron chi connectivity index (χ2n) is 9.28. The number of amides is 1. The number of aryl methyl sites for hydroxylation is 1. The lowest BCUT2D eigenvalue weighted by atomic mass is 9.99. The number of methoxy groups -OCH3 is 1. The van der Waals surface area contributed by atoms with E-state index in [-0.39, 0.29) is 17.2 Å². The summed E-state index contributed by atoms with van der Waals surface area (Å²) in [6.45, 7) is 5.87. The van der Waals surface area contributed by atoms with Crippen LogP contribution in [0, 0.1) is 12.8 Å². The summed E-state index contributed by atoms with van der Waals surface area (Å²) in [5, 5.41) is 3.12. The van der Waals surface area contributed by atoms with Gasteiger partial charge in [-0.3, -0.25) is 14.2 Å². The van der Waals surface area contributed by atoms with Crippen molar-refractivity contribution < 1.29 is 9.53 Å². The molecule has 0 bridgehead atoms. The van der Waals surface area contributed by atoms with Crippen LogP contribution in [-0.4, -0.2) is 46.3 Å². The summed E-state index contributed by atoms with van der Waals surface area (Å²) in [4.78, 5) is 34.5. The van der Waals surface area contributed by atoms with Crippen LogP contribution in [0.1, 0.15) is 25.3 Å². The van der Waals surface area contributed by atoms with Gasteiger partial charge in [0, 0.05) is 24.0 Å². The third-order valence-electron chi connectivity index (χ3n) is 6.73. The van der Waals surface area contributed by atoms with Gasteiger partial charge in [0.1, 0.15) is 10.6 Å². The van der Waals surface area contributed by atoms with Crippen LogP contribution in [0.5, 0.6) is 5.75 Å². The lowest BCUT2D eigenvalue weighted by molar-refractivity contribution is -0.129. The number of aromatic nitrogens is 2. The molecule has 2 aromatic heterocycles. The van der Waals surface area contributed by atoms with Crippen LogP contribution in [0.3, 0.4) is 0 Å². The molecule has 2 aromatic carbocycles. The number of thiophene rings is 1. The normalized spacial score (nSPS) is 14.4. The number of likely N-dealkylation sites (tertiary alicyclic amines) is 1. The van der Waals surface area contributed by atoms with E-state index in [9.17, 15) is 9.59 Å². The quantitative estimate of drug-likeness (QED) is 0.239. The molecule has 1 aliphatic heterocycles. The Kier molecular flexibility index (Phi) is 7.16. The molecule has 1 amide bonds. The molecule has 4 aromatic rings. The zero-order valence-electron chi connectivity index (χ0n) is 20.7. The lowest BCUT2D eigenvalue weighted by Crippen LogP contribution is -2.39. The molecule has 186 valence electrons. The van der Waals surface area contributed by atoms with Crippen molar-refractivity contribution in [2.45, 2.75) is 31.8 Å². The monoisotopic (exact) mass is 519 g/mol. The van der Waals surface area contributed by atoms with E-state index in [1.54, 1.807) is 11.7 Å². The Labute approximate surface area is 218 Å². The molecule has 0 radical (unpaired) electrons. The van der Waals surface area contributed by atoms with Gasteiger partial charge in [-0.2, -0.15) is 0 Å². The van der Waals surface area contributed by atoms with Gasteiger partial charge in [0.2, 0.25) is 5.91 Å². The first-order valence-corrected chi connectivity index (χ1v) is 14.0. The number of carbonyl (C=O) groups is 1. The summed E-state index contributed by atoms with van der Waals surface area (Å²) in [5.41, 5.74) is 3.59. The van der Waals surface area contributed by atoms with Gasteiger partial charge in [-0.25, -0.2) is 4.98 Å². The first-order valence-electron chi connectivity index (χ1n) is 12.1. The summed E-state index contributed by atoms with van der Waals surface area (Å²) in [6.07, 6.45) is 2.07. The summed E-state index contributed by atoms with van der Waals surface area (Å²) in [7, 11) is 1.61. The number of hydrogen-bond acceptors (Lipinski definition) is 6. The second kappa shape index (κ2) is 10.5. The average Bonchev–Trinajstić information content (AvgIpc) is 3.32. The lowest BCUT2D eigenvalue weighted by Gasteiger charge is -2.30. The first-order chi connectivity index (χ1) is 17.4. The van der Waals surface area contributed by atoms with E-state index in [0.717, 1.165) is 37.1 Å². The summed E-state index contributed by atoms with van der Waals surface area (Å²) >= 11 is 2.79. The molecule has 0 unspecified atom stereocenters. The van der Waals surface area contributed by atoms with E-state index < -0.39 is 0 Å². The highest BCUT2D eigenvalue weighted by atomic mass is 32.2. The number of hydrogen-bond donors (Lipinski definition) is 0. The third-order valence-corrected chi connectivity index (χ3v) is 8.53. The van der Waals surface area contributed by atoms with Crippen LogP contribution in [0.2, 0.25) is 0 Å². The molecular formula is C28H29N3O3S2. The number of thioether (sulfide) groups is 1. The maximum Gasteiger partial charge on any atom is 0.268 e. The van der Waals surface area contributed by atoms with Gasteiger partial charge in [-0.1, -0.05) is 48.5 Å². The van der Waals surface area contributed by atoms with Gasteiger partial charge in [-0.05, 0) is 55.5 Å². The fourth-order valence-corrected chi connectivity index (χ4v) is 6.35. The Hall–Kier alpha value is -3.10. The molecule has 36 heavy (non-hydrogen) atoms. The molecule has 0 atom stereocenters. The number of carbonyl (C=O) groups excluding carboxylic acids is 1. The van der Waals surface area contributed by atoms with Crippen LogP contribution >= 0.6 is 23.1 Å². The molecule has 8 heteroatoms. The van der Waals surface area contributed by atoms with Gasteiger partial charge in [0.05, 0.1) is 23.9 Å². The number of rotatable bonds is 6. The number of fused-ring (bicyclic) bond motifs is 1. The van der Waals surface area contributed by atoms with Crippen molar-refractivity contribution in [2.24, 2.45) is 5.92 Å². The highest BCUT2D eigenvalue weighted by Gasteiger charge is 2.23. The van der Waals surface area contributed by atoms with Gasteiger partial charge in [0.25, 0.3) is 5.56 Å². The Morgan fingerprint density at radius 3 is 2.47 bits per heavy atom. The molecule has 5 rings (SSSR count). The fourth-order valence-electron chi connectivity index (χ4n) is 4.45. The number of nitrogens with zero attached hydrogens (tertiary/aromatic N) is 3. The van der Waals surface area contributed by atoms with Crippen molar-refractivity contribution in [3.05, 3.63) is 69.8 Å². The van der Waals surface area contributed by atoms with E-state index in [2.05, 4.69) is 6.92 Å². The van der Waals surface area contributed by atoms with Crippen molar-refractivity contribution in [1.29, 1.82) is 0 Å². The van der Waals surface area contributed by atoms with Crippen LogP contribution in [-0.2, 0) is 4.79 Å². The molecule has 6 nitrogen and oxygen atoms in total. The van der Waals surface area contributed by atoms with E-state index in [4.69, 9.17) is 9.72 Å². The third kappa shape index (κ3) is 4.92. The Morgan fingerprint density at radius 2 is 1.81 bits per heavy atom. The topological polar surface area (TPSA) is 64.4 Å². The molecule has 1 fully saturated rings. The summed E-state index contributed by atoms with van der Waals surface area (Å²) in [6, 6.07) is 15.5. The van der Waals surface area contributed by atoms with E-state index >= 15 is 0 Å². The number of piperidine rings is 1. The minimum absolute atomic E-state index is 0.0917. The molecule has 0 spiro atoms. The maximum atomic E-state index is 14.0. The predicted molar refractivity (Wildman–Crippen MR) is 148 cm³/mol. The zero-order chi connectivity index (χ0) is 25.2. The van der Waals surface area contributed by atoms with Crippen molar-refractivity contribution in [3.63, 3.8) is 0 Å². The van der Waals surface area contributed by atoms with Crippen molar-refractivity contribution in [2.75, 3.05) is 26.0 Å². The van der Waals surface area contributed by atoms with Crippen molar-refractivity contribution in [1.82, 2.24) is 14.5 Å². The smallest absolute Gasteiger partial charge is 0.268 e. The minimum atomic E-state index is -0.135. The Morgan fingerprint density at radius 1 is 1.11 bits per heavy atom. The average molecular weight is 520 g/mol. The first kappa shape index (κ1) is 24.6. The van der Waals surface area contributed by atoms with Crippen LogP contribution in [0.4, 0.5) is 0 Å². The van der Waals surface area contributed by atoms with Gasteiger partial charge in [0.15, 0.2) is 5.16 Å². The molecule has 0 N–H and O–H groups in total. The van der Waals surface area contributed by atoms with E-state index in [1.165, 1.54) is 28.7 Å². The molecule has 1 aliphatic rings. The SMILES string of the molecule is COc1ccc(-n2c(SCC(=O)N3CCC(C)CC3)nc3scc(-c4ccc(C)cc4)c3c2=O)cc1. The summed E-state index contributed by atoms with van der Waals surface area (Å²) in [5.74, 6) is 1.71. The highest BCUT2D eigenvalue weighted by Crippen LogP contribution is 2.33. The van der Waals surface area contributed by atoms with Crippen molar-refractivity contribution >= 4 is 39.2 Å². The van der Waals surface area contributed by atoms with Gasteiger partial charge >= 0.3 is 0 Å². The predicted octanol–water partition coefficient (Wildman–Crippen LogP) is 5.78. The number of benzene rings is 2. The second-order valence-corrected chi connectivity index (χ2v) is 11.1. The van der Waals surface area contributed by atoms with Crippen LogP contribution in [0.25, 0.3) is 27.0 Å². The standard InChI is InChI=1S/C28H29N3O3S2/c1-18-4-6-20(7-5-18)23-16-35-26-25(23)27(33)31(21-8-10-22(34-3)11-9-21)28(29-26)36-17-24(32)30-14-12-19(2)13-15-30/h4-11,16,19H,12-15,17H2,1-3H3. The molecule has 0 saturated carbocycles. The summed E-state index contributed by atoms with van der Waals surface area (Å²) < 4.78 is 6.93. The highest BCUT2D eigenvalue weighted by molar-refractivity contribution is 7.99. The molecule has 1 saturated heterocycles. The number of ether oxygens (including phenoxy) is 1. The molecular weight excluding hydrogens is 490 g/mol. The van der Waals surface area contributed by atoms with Crippen molar-refractivity contribution in [3.8, 4) is 22.6 Å².